The summed E-state index contributed by atoms with van der Waals surface area (Å²) >= 11 is 0. The zero-order valence-electron chi connectivity index (χ0n) is 17.1. The van der Waals surface area contributed by atoms with Crippen molar-refractivity contribution in [2.45, 2.75) is 33.1 Å². The molecule has 29 heavy (non-hydrogen) atoms. The lowest BCUT2D eigenvalue weighted by molar-refractivity contribution is -0.140. The van der Waals surface area contributed by atoms with E-state index in [1.807, 2.05) is 31.2 Å². The van der Waals surface area contributed by atoms with E-state index in [9.17, 15) is 4.79 Å². The molecule has 0 saturated carbocycles. The number of nitrogen functional groups attached to an aromatic ring is 1. The Balaban J connectivity index is 2.01. The highest BCUT2D eigenvalue weighted by Gasteiger charge is 2.13. The summed E-state index contributed by atoms with van der Waals surface area (Å²) in [5, 5.41) is 4.43. The van der Waals surface area contributed by atoms with Crippen molar-refractivity contribution < 1.29 is 9.53 Å². The number of ether oxygens (including phenoxy) is 1. The van der Waals surface area contributed by atoms with Crippen molar-refractivity contribution in [1.29, 1.82) is 0 Å². The van der Waals surface area contributed by atoms with Gasteiger partial charge in [0.05, 0.1) is 13.3 Å². The van der Waals surface area contributed by atoms with Crippen molar-refractivity contribution in [2.75, 3.05) is 12.8 Å². The summed E-state index contributed by atoms with van der Waals surface area (Å²) in [6, 6.07) is 10.0. The normalized spacial score (nSPS) is 12.0. The highest BCUT2D eigenvalue weighted by molar-refractivity contribution is 5.92. The van der Waals surface area contributed by atoms with E-state index in [1.165, 1.54) is 12.7 Å². The number of anilines is 1. The Morgan fingerprint density at radius 1 is 1.31 bits per heavy atom. The van der Waals surface area contributed by atoms with Crippen LogP contribution in [0.25, 0.3) is 17.3 Å². The van der Waals surface area contributed by atoms with Gasteiger partial charge in [0, 0.05) is 23.7 Å². The number of carbonyl (C=O) groups is 1. The zero-order chi connectivity index (χ0) is 20.8. The Hall–Kier alpha value is -3.41. The molecule has 3 rings (SSSR count). The first kappa shape index (κ1) is 20.3. The molecule has 0 aliphatic rings. The SMILES string of the molecule is C/C=C\C(=C/c1ccccc1C)c1cnn2c(N)cc(CCCC(=O)OC)nc12. The van der Waals surface area contributed by atoms with Gasteiger partial charge in [0.15, 0.2) is 5.65 Å². The number of fused-ring (bicyclic) bond motifs is 1. The minimum atomic E-state index is -0.222. The van der Waals surface area contributed by atoms with E-state index in [0.717, 1.165) is 22.4 Å². The van der Waals surface area contributed by atoms with Crippen LogP contribution in [-0.4, -0.2) is 27.7 Å². The maximum atomic E-state index is 11.4. The number of hydrogen-bond acceptors (Lipinski definition) is 5. The third-order valence-corrected chi connectivity index (χ3v) is 4.75. The fourth-order valence-corrected chi connectivity index (χ4v) is 3.20. The number of benzene rings is 1. The van der Waals surface area contributed by atoms with E-state index in [2.05, 4.69) is 30.2 Å². The van der Waals surface area contributed by atoms with Crippen LogP contribution in [0, 0.1) is 6.92 Å². The van der Waals surface area contributed by atoms with Crippen molar-refractivity contribution in [3.63, 3.8) is 0 Å². The first-order chi connectivity index (χ1) is 14.0. The minimum absolute atomic E-state index is 0.222. The number of methoxy groups -OCH3 is 1. The van der Waals surface area contributed by atoms with Crippen LogP contribution < -0.4 is 5.73 Å². The molecule has 0 fully saturated rings. The fraction of sp³-hybridized carbons (Fsp3) is 0.261. The van der Waals surface area contributed by atoms with E-state index >= 15 is 0 Å². The van der Waals surface area contributed by atoms with E-state index < -0.39 is 0 Å². The molecule has 0 spiro atoms. The monoisotopic (exact) mass is 390 g/mol. The predicted molar refractivity (Wildman–Crippen MR) is 116 cm³/mol. The molecule has 0 saturated heterocycles. The summed E-state index contributed by atoms with van der Waals surface area (Å²) in [5.41, 5.74) is 12.0. The lowest BCUT2D eigenvalue weighted by Crippen LogP contribution is -2.05. The second-order valence-corrected chi connectivity index (χ2v) is 6.85. The van der Waals surface area contributed by atoms with Gasteiger partial charge in [0.2, 0.25) is 0 Å². The average Bonchev–Trinajstić information content (AvgIpc) is 3.13. The van der Waals surface area contributed by atoms with Crippen LogP contribution in [0.1, 0.15) is 42.1 Å². The van der Waals surface area contributed by atoms with Crippen molar-refractivity contribution in [3.05, 3.63) is 71.1 Å². The van der Waals surface area contributed by atoms with Crippen LogP contribution in [0.4, 0.5) is 5.82 Å². The van der Waals surface area contributed by atoms with E-state index in [0.29, 0.717) is 30.7 Å². The highest BCUT2D eigenvalue weighted by Crippen LogP contribution is 2.26. The van der Waals surface area contributed by atoms with Crippen LogP contribution >= 0.6 is 0 Å². The highest BCUT2D eigenvalue weighted by atomic mass is 16.5. The molecule has 0 bridgehead atoms. The van der Waals surface area contributed by atoms with Gasteiger partial charge >= 0.3 is 5.97 Å². The number of rotatable bonds is 7. The summed E-state index contributed by atoms with van der Waals surface area (Å²) in [7, 11) is 1.40. The topological polar surface area (TPSA) is 82.5 Å². The first-order valence-electron chi connectivity index (χ1n) is 9.63. The van der Waals surface area contributed by atoms with Gasteiger partial charge in [-0.15, -0.1) is 0 Å². The van der Waals surface area contributed by atoms with Gasteiger partial charge in [0.1, 0.15) is 5.82 Å². The quantitative estimate of drug-likeness (QED) is 0.482. The van der Waals surface area contributed by atoms with E-state index in [1.54, 1.807) is 16.8 Å². The number of carbonyl (C=O) groups excluding carboxylic acids is 1. The molecule has 0 radical (unpaired) electrons. The lowest BCUT2D eigenvalue weighted by atomic mass is 10.0. The second kappa shape index (κ2) is 9.19. The standard InChI is InChI=1S/C23H26N4O2/c1-4-8-18(13-17-10-6-5-9-16(17)2)20-15-25-27-21(24)14-19(26-23(20)27)11-7-12-22(28)29-3/h4-6,8-10,13-15H,7,11-12,24H2,1-3H3/b8-4-,18-13+. The van der Waals surface area contributed by atoms with Gasteiger partial charge in [-0.05, 0) is 49.5 Å². The molecule has 1 aromatic carbocycles. The van der Waals surface area contributed by atoms with Crippen molar-refractivity contribution in [3.8, 4) is 0 Å². The van der Waals surface area contributed by atoms with Gasteiger partial charge < -0.3 is 10.5 Å². The molecule has 0 amide bonds. The average molecular weight is 390 g/mol. The van der Waals surface area contributed by atoms with Crippen LogP contribution in [0.15, 0.2) is 48.7 Å². The molecule has 0 atom stereocenters. The van der Waals surface area contributed by atoms with Gasteiger partial charge in [-0.2, -0.15) is 9.61 Å². The van der Waals surface area contributed by atoms with Crippen molar-refractivity contribution in [2.24, 2.45) is 0 Å². The van der Waals surface area contributed by atoms with Gasteiger partial charge in [-0.3, -0.25) is 4.79 Å². The maximum Gasteiger partial charge on any atom is 0.305 e. The van der Waals surface area contributed by atoms with Crippen LogP contribution in [-0.2, 0) is 16.0 Å². The molecule has 2 N–H and O–H groups in total. The Kier molecular flexibility index (Phi) is 6.44. The molecule has 2 heterocycles. The van der Waals surface area contributed by atoms with Gasteiger partial charge in [0.25, 0.3) is 0 Å². The Morgan fingerprint density at radius 3 is 2.83 bits per heavy atom. The van der Waals surface area contributed by atoms with Crippen LogP contribution in [0.2, 0.25) is 0 Å². The number of aromatic nitrogens is 3. The Bertz CT molecular complexity index is 1080. The minimum Gasteiger partial charge on any atom is -0.469 e. The lowest BCUT2D eigenvalue weighted by Gasteiger charge is -2.07. The second-order valence-electron chi connectivity index (χ2n) is 6.85. The number of allylic oxidation sites excluding steroid dienone is 3. The van der Waals surface area contributed by atoms with Gasteiger partial charge in [-0.25, -0.2) is 4.98 Å². The summed E-state index contributed by atoms with van der Waals surface area (Å²) in [6.45, 7) is 4.07. The Labute approximate surface area is 170 Å². The summed E-state index contributed by atoms with van der Waals surface area (Å²) < 4.78 is 6.35. The summed E-state index contributed by atoms with van der Waals surface area (Å²) in [6.07, 6.45) is 9.62. The predicted octanol–water partition coefficient (Wildman–Crippen LogP) is 4.23. The molecule has 150 valence electrons. The molecule has 2 aromatic heterocycles. The molecule has 0 unspecified atom stereocenters. The third-order valence-electron chi connectivity index (χ3n) is 4.75. The number of hydrogen-bond donors (Lipinski definition) is 1. The van der Waals surface area contributed by atoms with Crippen molar-refractivity contribution >= 4 is 29.1 Å². The van der Waals surface area contributed by atoms with Crippen LogP contribution in [0.5, 0.6) is 0 Å². The van der Waals surface area contributed by atoms with Crippen molar-refractivity contribution in [1.82, 2.24) is 14.6 Å². The summed E-state index contributed by atoms with van der Waals surface area (Å²) in [4.78, 5) is 16.1. The zero-order valence-corrected chi connectivity index (χ0v) is 17.1. The number of nitrogens with two attached hydrogens (primary N) is 1. The maximum absolute atomic E-state index is 11.4. The number of esters is 1. The van der Waals surface area contributed by atoms with E-state index in [-0.39, 0.29) is 5.97 Å². The molecule has 6 nitrogen and oxygen atoms in total. The molecule has 0 aliphatic carbocycles. The van der Waals surface area contributed by atoms with E-state index in [4.69, 9.17) is 15.5 Å². The number of nitrogens with zero attached hydrogens (tertiary/aromatic N) is 3. The molecule has 6 heteroatoms. The smallest absolute Gasteiger partial charge is 0.305 e. The fourth-order valence-electron chi connectivity index (χ4n) is 3.20. The molecular weight excluding hydrogens is 364 g/mol. The van der Waals surface area contributed by atoms with Gasteiger partial charge in [-0.1, -0.05) is 36.4 Å². The Morgan fingerprint density at radius 2 is 2.10 bits per heavy atom. The third kappa shape index (κ3) is 4.71. The molecule has 3 aromatic rings. The molecular formula is C23H26N4O2. The molecule has 0 aliphatic heterocycles. The summed E-state index contributed by atoms with van der Waals surface area (Å²) in [5.74, 6) is 0.297. The first-order valence-corrected chi connectivity index (χ1v) is 9.63. The van der Waals surface area contributed by atoms with Crippen LogP contribution in [0.3, 0.4) is 0 Å². The largest absolute Gasteiger partial charge is 0.469 e. The number of aryl methyl sites for hydroxylation is 2.